The van der Waals surface area contributed by atoms with Crippen molar-refractivity contribution >= 4 is 27.9 Å². The maximum atomic E-state index is 14.7. The minimum absolute atomic E-state index is 0.0137. The van der Waals surface area contributed by atoms with Crippen LogP contribution in [0.4, 0.5) is 8.78 Å². The molecule has 2 aliphatic heterocycles. The molecule has 2 aliphatic rings. The number of carbonyl (C=O) groups excluding carboxylic acids is 2. The predicted octanol–water partition coefficient (Wildman–Crippen LogP) is 3.51. The molecule has 0 bridgehead atoms. The number of hydrogen-bond acceptors (Lipinski definition) is 9. The Morgan fingerprint density at radius 2 is 1.87 bits per heavy atom. The molecular weight excluding hydrogens is 572 g/mol. The molecule has 10 nitrogen and oxygen atoms in total. The van der Waals surface area contributed by atoms with Gasteiger partial charge in [-0.25, -0.2) is 18.3 Å². The molecule has 0 N–H and O–H groups in total. The lowest BCUT2D eigenvalue weighted by Crippen LogP contribution is -2.62. The number of ether oxygens (including phenoxy) is 5. The van der Waals surface area contributed by atoms with Crippen LogP contribution in [-0.2, 0) is 33.3 Å². The second-order valence-electron chi connectivity index (χ2n) is 8.67. The van der Waals surface area contributed by atoms with Crippen LogP contribution < -0.4 is 0 Å². The summed E-state index contributed by atoms with van der Waals surface area (Å²) in [5.41, 5.74) is 0.611. The number of nitrogens with zero attached hydrogens (tertiary/aromatic N) is 3. The third-order valence-electron chi connectivity index (χ3n) is 6.29. The van der Waals surface area contributed by atoms with Crippen molar-refractivity contribution in [2.75, 3.05) is 13.7 Å². The van der Waals surface area contributed by atoms with Gasteiger partial charge in [-0.05, 0) is 28.1 Å². The Morgan fingerprint density at radius 1 is 1.11 bits per heavy atom. The molecule has 0 spiro atoms. The molecular formula is C25H22BrF2N3O7. The molecule has 6 atom stereocenters. The number of carbonyl (C=O) groups is 2. The van der Waals surface area contributed by atoms with Crippen LogP contribution in [-0.4, -0.2) is 65.1 Å². The normalized spacial score (nSPS) is 26.9. The van der Waals surface area contributed by atoms with Gasteiger partial charge in [-0.1, -0.05) is 35.5 Å². The van der Waals surface area contributed by atoms with Crippen LogP contribution in [0.15, 0.2) is 53.1 Å². The highest BCUT2D eigenvalue weighted by Crippen LogP contribution is 2.41. The van der Waals surface area contributed by atoms with E-state index in [1.165, 1.54) is 37.0 Å². The van der Waals surface area contributed by atoms with E-state index in [1.807, 2.05) is 30.3 Å². The van der Waals surface area contributed by atoms with Gasteiger partial charge in [0.1, 0.15) is 23.9 Å². The first-order chi connectivity index (χ1) is 18.3. The second-order valence-corrected chi connectivity index (χ2v) is 9.52. The molecule has 3 heterocycles. The van der Waals surface area contributed by atoms with Crippen LogP contribution in [0, 0.1) is 11.6 Å². The van der Waals surface area contributed by atoms with Crippen LogP contribution in [0.25, 0.3) is 11.3 Å². The molecule has 0 unspecified atom stereocenters. The van der Waals surface area contributed by atoms with E-state index in [0.717, 1.165) is 5.56 Å². The quantitative estimate of drug-likeness (QED) is 0.324. The number of esters is 2. The summed E-state index contributed by atoms with van der Waals surface area (Å²) in [6.45, 7) is 1.22. The van der Waals surface area contributed by atoms with E-state index in [1.54, 1.807) is 0 Å². The van der Waals surface area contributed by atoms with Gasteiger partial charge >= 0.3 is 11.9 Å². The number of rotatable bonds is 5. The highest BCUT2D eigenvalue weighted by Gasteiger charge is 2.55. The summed E-state index contributed by atoms with van der Waals surface area (Å²) >= 11 is 2.95. The van der Waals surface area contributed by atoms with Gasteiger partial charge in [0.25, 0.3) is 0 Å². The molecule has 3 aromatic rings. The van der Waals surface area contributed by atoms with E-state index in [-0.39, 0.29) is 22.3 Å². The summed E-state index contributed by atoms with van der Waals surface area (Å²) in [6.07, 6.45) is -3.66. The molecule has 2 aromatic carbocycles. The topological polar surface area (TPSA) is 111 Å². The van der Waals surface area contributed by atoms with E-state index in [0.29, 0.717) is 0 Å². The fraction of sp³-hybridized carbons (Fsp3) is 0.360. The van der Waals surface area contributed by atoms with E-state index in [9.17, 15) is 18.4 Å². The van der Waals surface area contributed by atoms with Gasteiger partial charge in [-0.15, -0.1) is 5.10 Å². The number of halogens is 3. The van der Waals surface area contributed by atoms with E-state index in [4.69, 9.17) is 23.7 Å². The maximum absolute atomic E-state index is 14.7. The van der Waals surface area contributed by atoms with E-state index in [2.05, 4.69) is 26.2 Å². The van der Waals surface area contributed by atoms with Gasteiger partial charge in [0, 0.05) is 18.1 Å². The van der Waals surface area contributed by atoms with Gasteiger partial charge in [-0.2, -0.15) is 0 Å². The average Bonchev–Trinajstić information content (AvgIpc) is 3.40. The van der Waals surface area contributed by atoms with Crippen molar-refractivity contribution in [2.24, 2.45) is 0 Å². The molecule has 5 rings (SSSR count). The molecule has 38 heavy (non-hydrogen) atoms. The Kier molecular flexibility index (Phi) is 7.52. The Hall–Kier alpha value is -3.26. The number of fused-ring (bicyclic) bond motifs is 1. The van der Waals surface area contributed by atoms with Gasteiger partial charge in [0.2, 0.25) is 0 Å². The molecule has 13 heteroatoms. The summed E-state index contributed by atoms with van der Waals surface area (Å²) in [5, 5.41) is 8.14. The summed E-state index contributed by atoms with van der Waals surface area (Å²) in [6, 6.07) is 10.9. The van der Waals surface area contributed by atoms with Gasteiger partial charge in [0.05, 0.1) is 24.4 Å². The largest absolute Gasteiger partial charge is 0.467 e. The number of aromatic nitrogens is 3. The van der Waals surface area contributed by atoms with E-state index >= 15 is 0 Å². The Morgan fingerprint density at radius 3 is 2.58 bits per heavy atom. The van der Waals surface area contributed by atoms with Gasteiger partial charge in [0.15, 0.2) is 30.1 Å². The first-order valence-corrected chi connectivity index (χ1v) is 12.4. The lowest BCUT2D eigenvalue weighted by atomic mass is 9.91. The lowest BCUT2D eigenvalue weighted by molar-refractivity contribution is -0.315. The molecule has 0 saturated carbocycles. The van der Waals surface area contributed by atoms with Crippen molar-refractivity contribution in [3.63, 3.8) is 0 Å². The van der Waals surface area contributed by atoms with Crippen molar-refractivity contribution in [3.05, 3.63) is 70.3 Å². The van der Waals surface area contributed by atoms with E-state index < -0.39 is 60.3 Å². The van der Waals surface area contributed by atoms with Crippen LogP contribution in [0.1, 0.15) is 24.8 Å². The van der Waals surface area contributed by atoms with Gasteiger partial charge < -0.3 is 23.7 Å². The van der Waals surface area contributed by atoms with Crippen LogP contribution >= 0.6 is 15.9 Å². The first-order valence-electron chi connectivity index (χ1n) is 11.6. The molecule has 1 aromatic heterocycles. The third-order valence-corrected chi connectivity index (χ3v) is 6.90. The smallest absolute Gasteiger partial charge is 0.339 e. The zero-order valence-electron chi connectivity index (χ0n) is 20.1. The Balaban J connectivity index is 1.57. The molecule has 200 valence electrons. The summed E-state index contributed by atoms with van der Waals surface area (Å²) in [4.78, 5) is 24.8. The van der Waals surface area contributed by atoms with Crippen molar-refractivity contribution in [3.8, 4) is 11.3 Å². The van der Waals surface area contributed by atoms with Crippen LogP contribution in [0.2, 0.25) is 0 Å². The highest BCUT2D eigenvalue weighted by molar-refractivity contribution is 9.10. The SMILES string of the molecule is COC(=O)[C@@H]1O[C@@H]2CO[C@H](c3ccccc3)O[C@@H]2[C@H](n2cc(-c3ccc(Br)c(F)c3F)nn2)[C@H]1OC(C)=O. The minimum atomic E-state index is -1.34. The number of methoxy groups -OCH3 is 1. The number of benzene rings is 2. The maximum Gasteiger partial charge on any atom is 0.339 e. The summed E-state index contributed by atoms with van der Waals surface area (Å²) in [7, 11) is 1.18. The molecule has 0 radical (unpaired) electrons. The predicted molar refractivity (Wildman–Crippen MR) is 128 cm³/mol. The lowest BCUT2D eigenvalue weighted by Gasteiger charge is -2.48. The van der Waals surface area contributed by atoms with Crippen LogP contribution in [0.5, 0.6) is 0 Å². The highest BCUT2D eigenvalue weighted by atomic mass is 79.9. The molecule has 0 amide bonds. The summed E-state index contributed by atoms with van der Waals surface area (Å²) in [5.74, 6) is -3.67. The van der Waals surface area contributed by atoms with Crippen molar-refractivity contribution < 1.29 is 42.1 Å². The first kappa shape index (κ1) is 26.4. The minimum Gasteiger partial charge on any atom is -0.467 e. The molecule has 2 fully saturated rings. The Bertz CT molecular complexity index is 1340. The second kappa shape index (κ2) is 10.8. The average molecular weight is 594 g/mol. The zero-order chi connectivity index (χ0) is 27.0. The molecule has 2 saturated heterocycles. The molecule has 0 aliphatic carbocycles. The fourth-order valence-electron chi connectivity index (χ4n) is 4.58. The number of hydrogen-bond donors (Lipinski definition) is 0. The third kappa shape index (κ3) is 4.94. The summed E-state index contributed by atoms with van der Waals surface area (Å²) < 4.78 is 58.7. The van der Waals surface area contributed by atoms with Crippen molar-refractivity contribution in [2.45, 2.75) is 43.7 Å². The fourth-order valence-corrected chi connectivity index (χ4v) is 4.89. The monoisotopic (exact) mass is 593 g/mol. The van der Waals surface area contributed by atoms with Crippen molar-refractivity contribution in [1.29, 1.82) is 0 Å². The standard InChI is InChI=1S/C25H22BrF2N3O7/c1-12(32)36-22-20(31-10-16(29-30-31)14-8-9-15(26)19(28)18(14)27)21-17(37-23(22)24(33)34-2)11-35-25(38-21)13-6-4-3-5-7-13/h3-10,17,20-23,25H,11H2,1-2H3/t17-,20+,21+,22-,23-,25+/m1/s1. The Labute approximate surface area is 223 Å². The van der Waals surface area contributed by atoms with Crippen molar-refractivity contribution in [1.82, 2.24) is 15.0 Å². The van der Waals surface area contributed by atoms with Gasteiger partial charge in [-0.3, -0.25) is 4.79 Å². The zero-order valence-corrected chi connectivity index (χ0v) is 21.7. The van der Waals surface area contributed by atoms with Crippen LogP contribution in [0.3, 0.4) is 0 Å².